The van der Waals surface area contributed by atoms with Crippen LogP contribution in [0.5, 0.6) is 0 Å². The lowest BCUT2D eigenvalue weighted by atomic mass is 9.73. The number of unbranched alkanes of at least 4 members (excludes halogenated alkanes) is 2. The smallest absolute Gasteiger partial charge is 0.346 e. The molecule has 0 spiro atoms. The van der Waals surface area contributed by atoms with Crippen molar-refractivity contribution >= 4 is 17.7 Å². The minimum absolute atomic E-state index is 0.444. The number of nitrogens with zero attached hydrogens (tertiary/aromatic N) is 3. The topological polar surface area (TPSA) is 59.8 Å². The molecule has 1 heterocycles. The van der Waals surface area contributed by atoms with Gasteiger partial charge in [-0.1, -0.05) is 73.1 Å². The summed E-state index contributed by atoms with van der Waals surface area (Å²) in [5.74, 6) is 0.262. The van der Waals surface area contributed by atoms with Crippen LogP contribution in [-0.4, -0.2) is 39.1 Å². The average Bonchev–Trinajstić information content (AvgIpc) is 3.33. The monoisotopic (exact) mass is 474 g/mol. The SMILES string of the molecule is Cn1cnnc1SCCCCCC1(C(=O)NCC(F)(F)F)c2ccccc2-c2ccccc21. The van der Waals surface area contributed by atoms with Crippen LogP contribution in [0.3, 0.4) is 0 Å². The van der Waals surface area contributed by atoms with Crippen molar-refractivity contribution in [1.82, 2.24) is 20.1 Å². The number of hydrogen-bond donors (Lipinski definition) is 1. The lowest BCUT2D eigenvalue weighted by Crippen LogP contribution is -2.47. The van der Waals surface area contributed by atoms with E-state index in [2.05, 4.69) is 15.5 Å². The summed E-state index contributed by atoms with van der Waals surface area (Å²) in [5.41, 5.74) is 2.25. The Hall–Kier alpha value is -2.81. The van der Waals surface area contributed by atoms with Gasteiger partial charge >= 0.3 is 6.18 Å². The molecule has 0 aliphatic heterocycles. The van der Waals surface area contributed by atoms with E-state index >= 15 is 0 Å². The van der Waals surface area contributed by atoms with Crippen LogP contribution < -0.4 is 5.32 Å². The van der Waals surface area contributed by atoms with Crippen molar-refractivity contribution in [3.05, 3.63) is 66.0 Å². The van der Waals surface area contributed by atoms with Crippen molar-refractivity contribution in [1.29, 1.82) is 0 Å². The molecule has 0 unspecified atom stereocenters. The molecule has 1 aliphatic rings. The van der Waals surface area contributed by atoms with Gasteiger partial charge in [-0.2, -0.15) is 13.2 Å². The molecule has 4 rings (SSSR count). The summed E-state index contributed by atoms with van der Waals surface area (Å²) in [7, 11) is 1.89. The van der Waals surface area contributed by atoms with Gasteiger partial charge in [-0.25, -0.2) is 0 Å². The highest BCUT2D eigenvalue weighted by molar-refractivity contribution is 7.99. The van der Waals surface area contributed by atoms with E-state index in [-0.39, 0.29) is 0 Å². The first-order valence-corrected chi connectivity index (χ1v) is 11.8. The van der Waals surface area contributed by atoms with Crippen LogP contribution in [-0.2, 0) is 17.3 Å². The molecule has 0 atom stereocenters. The van der Waals surface area contributed by atoms with Gasteiger partial charge in [-0.15, -0.1) is 10.2 Å². The Morgan fingerprint density at radius 1 is 1.03 bits per heavy atom. The molecule has 1 N–H and O–H groups in total. The van der Waals surface area contributed by atoms with Crippen molar-refractivity contribution in [2.24, 2.45) is 7.05 Å². The van der Waals surface area contributed by atoms with Crippen LogP contribution in [0.4, 0.5) is 13.2 Å². The van der Waals surface area contributed by atoms with E-state index in [0.29, 0.717) is 12.8 Å². The lowest BCUT2D eigenvalue weighted by molar-refractivity contribution is -0.141. The average molecular weight is 475 g/mol. The van der Waals surface area contributed by atoms with Crippen molar-refractivity contribution in [2.75, 3.05) is 12.3 Å². The number of fused-ring (bicyclic) bond motifs is 3. The van der Waals surface area contributed by atoms with Gasteiger partial charge in [0.05, 0.1) is 0 Å². The fourth-order valence-electron chi connectivity index (χ4n) is 4.52. The maximum atomic E-state index is 13.4. The van der Waals surface area contributed by atoms with Crippen LogP contribution in [0.2, 0.25) is 0 Å². The maximum absolute atomic E-state index is 13.4. The minimum Gasteiger partial charge on any atom is -0.346 e. The molecule has 9 heteroatoms. The normalized spacial score (nSPS) is 14.1. The maximum Gasteiger partial charge on any atom is 0.405 e. The summed E-state index contributed by atoms with van der Waals surface area (Å²) in [5, 5.41) is 10.9. The first kappa shape index (κ1) is 23.4. The third kappa shape index (κ3) is 4.78. The number of benzene rings is 2. The molecule has 1 aromatic heterocycles. The number of aryl methyl sites for hydroxylation is 1. The summed E-state index contributed by atoms with van der Waals surface area (Å²) >= 11 is 1.61. The minimum atomic E-state index is -4.47. The predicted molar refractivity (Wildman–Crippen MR) is 122 cm³/mol. The highest BCUT2D eigenvalue weighted by Gasteiger charge is 2.49. The number of rotatable bonds is 9. The summed E-state index contributed by atoms with van der Waals surface area (Å²) < 4.78 is 40.6. The van der Waals surface area contributed by atoms with Crippen molar-refractivity contribution < 1.29 is 18.0 Å². The van der Waals surface area contributed by atoms with Gasteiger partial charge < -0.3 is 9.88 Å². The number of amides is 1. The van der Waals surface area contributed by atoms with E-state index in [1.165, 1.54) is 0 Å². The zero-order valence-electron chi connectivity index (χ0n) is 18.2. The first-order chi connectivity index (χ1) is 15.8. The van der Waals surface area contributed by atoms with Gasteiger partial charge in [0.15, 0.2) is 5.16 Å². The molecular formula is C24H25F3N4OS. The van der Waals surface area contributed by atoms with E-state index in [0.717, 1.165) is 46.0 Å². The van der Waals surface area contributed by atoms with Gasteiger partial charge in [0.25, 0.3) is 0 Å². The second-order valence-electron chi connectivity index (χ2n) is 8.18. The van der Waals surface area contributed by atoms with Crippen molar-refractivity contribution in [3.63, 3.8) is 0 Å². The third-order valence-electron chi connectivity index (χ3n) is 6.00. The zero-order chi connectivity index (χ0) is 23.5. The van der Waals surface area contributed by atoms with Gasteiger partial charge in [0, 0.05) is 12.8 Å². The summed E-state index contributed by atoms with van der Waals surface area (Å²) in [6.45, 7) is -1.34. The molecule has 33 heavy (non-hydrogen) atoms. The van der Waals surface area contributed by atoms with E-state index < -0.39 is 24.0 Å². The number of aromatic nitrogens is 3. The van der Waals surface area contributed by atoms with Gasteiger partial charge in [0.1, 0.15) is 18.3 Å². The molecule has 0 saturated heterocycles. The summed E-state index contributed by atoms with van der Waals surface area (Å²) in [4.78, 5) is 13.4. The molecule has 3 aromatic rings. The van der Waals surface area contributed by atoms with E-state index in [4.69, 9.17) is 0 Å². The molecule has 0 radical (unpaired) electrons. The number of carbonyl (C=O) groups excluding carboxylic acids is 1. The Balaban J connectivity index is 1.53. The Labute approximate surface area is 194 Å². The number of alkyl halides is 3. The second-order valence-corrected chi connectivity index (χ2v) is 9.24. The van der Waals surface area contributed by atoms with Gasteiger partial charge in [-0.05, 0) is 35.1 Å². The molecular weight excluding hydrogens is 449 g/mol. The van der Waals surface area contributed by atoms with Gasteiger partial charge in [0.2, 0.25) is 5.91 Å². The molecule has 2 aromatic carbocycles. The second kappa shape index (κ2) is 9.59. The molecule has 0 bridgehead atoms. The van der Waals surface area contributed by atoms with Crippen LogP contribution in [0, 0.1) is 0 Å². The van der Waals surface area contributed by atoms with Crippen LogP contribution in [0.1, 0.15) is 36.8 Å². The van der Waals surface area contributed by atoms with Crippen LogP contribution >= 0.6 is 11.8 Å². The number of hydrogen-bond acceptors (Lipinski definition) is 4. The Kier molecular flexibility index (Phi) is 6.78. The van der Waals surface area contributed by atoms with Gasteiger partial charge in [-0.3, -0.25) is 4.79 Å². The van der Waals surface area contributed by atoms with Crippen LogP contribution in [0.15, 0.2) is 60.0 Å². The fourth-order valence-corrected chi connectivity index (χ4v) is 5.41. The molecule has 5 nitrogen and oxygen atoms in total. The Bertz CT molecular complexity index is 1080. The molecule has 1 aliphatic carbocycles. The fraction of sp³-hybridized carbons (Fsp3) is 0.375. The van der Waals surface area contributed by atoms with Crippen molar-refractivity contribution in [2.45, 2.75) is 42.4 Å². The predicted octanol–water partition coefficient (Wildman–Crippen LogP) is 5.11. The van der Waals surface area contributed by atoms with E-state index in [1.807, 2.05) is 60.1 Å². The Morgan fingerprint density at radius 3 is 2.24 bits per heavy atom. The highest BCUT2D eigenvalue weighted by Crippen LogP contribution is 2.51. The van der Waals surface area contributed by atoms with Crippen LogP contribution in [0.25, 0.3) is 11.1 Å². The lowest BCUT2D eigenvalue weighted by Gasteiger charge is -2.31. The number of halogens is 3. The zero-order valence-corrected chi connectivity index (χ0v) is 19.0. The van der Waals surface area contributed by atoms with E-state index in [9.17, 15) is 18.0 Å². The third-order valence-corrected chi connectivity index (χ3v) is 7.12. The number of nitrogens with one attached hydrogen (secondary N) is 1. The molecule has 1 amide bonds. The van der Waals surface area contributed by atoms with Crippen molar-refractivity contribution in [3.8, 4) is 11.1 Å². The number of thioether (sulfide) groups is 1. The Morgan fingerprint density at radius 2 is 1.67 bits per heavy atom. The first-order valence-electron chi connectivity index (χ1n) is 10.8. The van der Waals surface area contributed by atoms with E-state index in [1.54, 1.807) is 18.1 Å². The summed E-state index contributed by atoms with van der Waals surface area (Å²) in [6.07, 6.45) is 0.0948. The summed E-state index contributed by atoms with van der Waals surface area (Å²) in [6, 6.07) is 15.1. The molecule has 0 saturated carbocycles. The standard InChI is InChI=1S/C24H25F3N4OS/c1-31-16-29-30-22(31)33-14-8-2-7-13-23(21(32)28-15-24(25,26)27)19-11-5-3-9-17(19)18-10-4-6-12-20(18)23/h3-6,9-12,16H,2,7-8,13-15H2,1H3,(H,28,32). The highest BCUT2D eigenvalue weighted by atomic mass is 32.2. The quantitative estimate of drug-likeness (QED) is 0.346. The molecule has 0 fully saturated rings. The largest absolute Gasteiger partial charge is 0.405 e. The number of carbonyl (C=O) groups is 1. The molecule has 174 valence electrons.